The van der Waals surface area contributed by atoms with Crippen LogP contribution in [0.4, 0.5) is 5.69 Å². The average Bonchev–Trinajstić information content (AvgIpc) is 3.18. The highest BCUT2D eigenvalue weighted by Crippen LogP contribution is 2.27. The standard InChI is InChI=1S/C13H18N2O2/c16-9-11-2-1-3-12(6-11)14-8-13(17)15-7-10-4-5-10/h1-3,6,10,14,16H,4-5,7-9H2,(H,15,17). The van der Waals surface area contributed by atoms with Crippen molar-refractivity contribution in [3.8, 4) is 0 Å². The summed E-state index contributed by atoms with van der Waals surface area (Å²) in [5, 5.41) is 14.9. The molecule has 1 fully saturated rings. The number of aliphatic hydroxyl groups is 1. The molecule has 4 heteroatoms. The molecule has 4 nitrogen and oxygen atoms in total. The zero-order valence-corrected chi connectivity index (χ0v) is 9.78. The Morgan fingerprint density at radius 2 is 2.24 bits per heavy atom. The van der Waals surface area contributed by atoms with E-state index < -0.39 is 0 Å². The first-order valence-corrected chi connectivity index (χ1v) is 5.98. The Morgan fingerprint density at radius 1 is 1.41 bits per heavy atom. The summed E-state index contributed by atoms with van der Waals surface area (Å²) in [5.74, 6) is 0.725. The van der Waals surface area contributed by atoms with Crippen molar-refractivity contribution < 1.29 is 9.90 Å². The molecule has 1 saturated carbocycles. The molecule has 0 aliphatic heterocycles. The molecule has 1 aromatic carbocycles. The molecular formula is C13H18N2O2. The summed E-state index contributed by atoms with van der Waals surface area (Å²) in [6, 6.07) is 7.43. The summed E-state index contributed by atoms with van der Waals surface area (Å²) < 4.78 is 0. The van der Waals surface area contributed by atoms with Crippen LogP contribution in [0.25, 0.3) is 0 Å². The minimum absolute atomic E-state index is 0.0173. The summed E-state index contributed by atoms with van der Waals surface area (Å²) in [4.78, 5) is 11.5. The van der Waals surface area contributed by atoms with Crippen LogP contribution in [0.3, 0.4) is 0 Å². The van der Waals surface area contributed by atoms with Gasteiger partial charge in [0, 0.05) is 12.2 Å². The van der Waals surface area contributed by atoms with Crippen molar-refractivity contribution in [2.75, 3.05) is 18.4 Å². The highest BCUT2D eigenvalue weighted by Gasteiger charge is 2.21. The molecule has 0 radical (unpaired) electrons. The lowest BCUT2D eigenvalue weighted by Crippen LogP contribution is -2.31. The van der Waals surface area contributed by atoms with Crippen LogP contribution in [-0.4, -0.2) is 24.1 Å². The minimum Gasteiger partial charge on any atom is -0.392 e. The third-order valence-corrected chi connectivity index (χ3v) is 2.85. The third kappa shape index (κ3) is 4.07. The van der Waals surface area contributed by atoms with Gasteiger partial charge >= 0.3 is 0 Å². The molecule has 3 N–H and O–H groups in total. The van der Waals surface area contributed by atoms with Gasteiger partial charge in [0.05, 0.1) is 13.2 Å². The number of carbonyl (C=O) groups is 1. The van der Waals surface area contributed by atoms with E-state index in [1.165, 1.54) is 12.8 Å². The number of benzene rings is 1. The molecule has 2 rings (SSSR count). The van der Waals surface area contributed by atoms with Crippen LogP contribution in [0.2, 0.25) is 0 Å². The quantitative estimate of drug-likeness (QED) is 0.691. The molecule has 0 atom stereocenters. The molecule has 0 aromatic heterocycles. The predicted molar refractivity (Wildman–Crippen MR) is 66.6 cm³/mol. The van der Waals surface area contributed by atoms with Gasteiger partial charge in [-0.2, -0.15) is 0 Å². The van der Waals surface area contributed by atoms with Gasteiger partial charge in [-0.25, -0.2) is 0 Å². The van der Waals surface area contributed by atoms with E-state index in [0.717, 1.165) is 17.8 Å². The number of carbonyl (C=O) groups excluding carboxylic acids is 1. The minimum atomic E-state index is 0.0173. The third-order valence-electron chi connectivity index (χ3n) is 2.85. The summed E-state index contributed by atoms with van der Waals surface area (Å²) in [6.45, 7) is 1.10. The van der Waals surface area contributed by atoms with Crippen molar-refractivity contribution in [2.24, 2.45) is 5.92 Å². The van der Waals surface area contributed by atoms with Gasteiger partial charge in [-0.15, -0.1) is 0 Å². The van der Waals surface area contributed by atoms with Crippen LogP contribution in [0, 0.1) is 5.92 Å². The van der Waals surface area contributed by atoms with Crippen molar-refractivity contribution in [3.63, 3.8) is 0 Å². The van der Waals surface area contributed by atoms with E-state index in [1.54, 1.807) is 0 Å². The highest BCUT2D eigenvalue weighted by atomic mass is 16.3. The molecule has 92 valence electrons. The Bertz CT molecular complexity index is 389. The SMILES string of the molecule is O=C(CNc1cccc(CO)c1)NCC1CC1. The molecule has 0 spiro atoms. The van der Waals surface area contributed by atoms with Gasteiger partial charge in [0.2, 0.25) is 5.91 Å². The van der Waals surface area contributed by atoms with E-state index in [9.17, 15) is 4.79 Å². The number of amides is 1. The van der Waals surface area contributed by atoms with Crippen LogP contribution in [0.1, 0.15) is 18.4 Å². The number of anilines is 1. The lowest BCUT2D eigenvalue weighted by atomic mass is 10.2. The molecule has 17 heavy (non-hydrogen) atoms. The van der Waals surface area contributed by atoms with Gasteiger partial charge < -0.3 is 15.7 Å². The second-order valence-electron chi connectivity index (χ2n) is 4.46. The fraction of sp³-hybridized carbons (Fsp3) is 0.462. The molecule has 0 bridgehead atoms. The Balaban J connectivity index is 1.73. The Labute approximate surface area is 101 Å². The van der Waals surface area contributed by atoms with Crippen LogP contribution in [-0.2, 0) is 11.4 Å². The monoisotopic (exact) mass is 234 g/mol. The Morgan fingerprint density at radius 3 is 2.94 bits per heavy atom. The van der Waals surface area contributed by atoms with Crippen molar-refractivity contribution in [2.45, 2.75) is 19.4 Å². The van der Waals surface area contributed by atoms with Gasteiger partial charge in [-0.1, -0.05) is 12.1 Å². The predicted octanol–water partition coefficient (Wildman–Crippen LogP) is 1.12. The van der Waals surface area contributed by atoms with E-state index in [0.29, 0.717) is 5.92 Å². The Hall–Kier alpha value is -1.55. The molecule has 0 unspecified atom stereocenters. The van der Waals surface area contributed by atoms with Crippen LogP contribution in [0.15, 0.2) is 24.3 Å². The van der Waals surface area contributed by atoms with Crippen molar-refractivity contribution in [3.05, 3.63) is 29.8 Å². The molecule has 1 aromatic rings. The van der Waals surface area contributed by atoms with E-state index in [2.05, 4.69) is 10.6 Å². The van der Waals surface area contributed by atoms with E-state index in [-0.39, 0.29) is 19.1 Å². The van der Waals surface area contributed by atoms with Crippen molar-refractivity contribution >= 4 is 11.6 Å². The summed E-state index contributed by atoms with van der Waals surface area (Å²) in [6.07, 6.45) is 2.48. The van der Waals surface area contributed by atoms with E-state index >= 15 is 0 Å². The smallest absolute Gasteiger partial charge is 0.239 e. The Kier molecular flexibility index (Phi) is 3.98. The first-order valence-electron chi connectivity index (χ1n) is 5.98. The number of hydrogen-bond donors (Lipinski definition) is 3. The second-order valence-corrected chi connectivity index (χ2v) is 4.46. The number of rotatable bonds is 6. The maximum atomic E-state index is 11.5. The second kappa shape index (κ2) is 5.68. The number of hydrogen-bond acceptors (Lipinski definition) is 3. The number of nitrogens with one attached hydrogen (secondary N) is 2. The summed E-state index contributed by atoms with van der Waals surface area (Å²) in [5.41, 5.74) is 1.70. The summed E-state index contributed by atoms with van der Waals surface area (Å²) >= 11 is 0. The van der Waals surface area contributed by atoms with Gasteiger partial charge in [0.1, 0.15) is 0 Å². The zero-order valence-electron chi connectivity index (χ0n) is 9.78. The fourth-order valence-electron chi connectivity index (χ4n) is 1.60. The van der Waals surface area contributed by atoms with Crippen molar-refractivity contribution in [1.82, 2.24) is 5.32 Å². The maximum absolute atomic E-state index is 11.5. The lowest BCUT2D eigenvalue weighted by molar-refractivity contribution is -0.119. The molecule has 0 heterocycles. The van der Waals surface area contributed by atoms with Crippen molar-refractivity contribution in [1.29, 1.82) is 0 Å². The topological polar surface area (TPSA) is 61.4 Å². The first kappa shape index (κ1) is 11.9. The van der Waals surface area contributed by atoms with Gasteiger partial charge in [-0.05, 0) is 36.5 Å². The normalized spacial score (nSPS) is 14.4. The van der Waals surface area contributed by atoms with Gasteiger partial charge in [0.25, 0.3) is 0 Å². The van der Waals surface area contributed by atoms with E-state index in [1.807, 2.05) is 24.3 Å². The van der Waals surface area contributed by atoms with Gasteiger partial charge in [0.15, 0.2) is 0 Å². The fourth-order valence-corrected chi connectivity index (χ4v) is 1.60. The zero-order chi connectivity index (χ0) is 12.1. The molecule has 1 amide bonds. The van der Waals surface area contributed by atoms with Crippen LogP contribution >= 0.6 is 0 Å². The maximum Gasteiger partial charge on any atom is 0.239 e. The molecular weight excluding hydrogens is 216 g/mol. The molecule has 0 saturated heterocycles. The summed E-state index contributed by atoms with van der Waals surface area (Å²) in [7, 11) is 0. The molecule has 1 aliphatic carbocycles. The highest BCUT2D eigenvalue weighted by molar-refractivity contribution is 5.80. The van der Waals surface area contributed by atoms with Gasteiger partial charge in [-0.3, -0.25) is 4.79 Å². The lowest BCUT2D eigenvalue weighted by Gasteiger charge is -2.08. The first-order chi connectivity index (χ1) is 8.28. The van der Waals surface area contributed by atoms with E-state index in [4.69, 9.17) is 5.11 Å². The average molecular weight is 234 g/mol. The van der Waals surface area contributed by atoms with Crippen LogP contribution < -0.4 is 10.6 Å². The van der Waals surface area contributed by atoms with Crippen LogP contribution in [0.5, 0.6) is 0 Å². The largest absolute Gasteiger partial charge is 0.392 e. The molecule has 1 aliphatic rings. The number of aliphatic hydroxyl groups excluding tert-OH is 1.